The van der Waals surface area contributed by atoms with E-state index in [-0.39, 0.29) is 0 Å². The smallest absolute Gasteiger partial charge is 0.223 e. The number of halogens is 2. The number of hydrogen-bond acceptors (Lipinski definition) is 3. The Hall–Kier alpha value is -0.810. The Balaban J connectivity index is 1.56. The largest absolute Gasteiger partial charge is 0.369 e. The molecule has 1 saturated heterocycles. The van der Waals surface area contributed by atoms with Gasteiger partial charge in [0.15, 0.2) is 0 Å². The molecule has 102 valence electrons. The molecular formula is C13H15BrClN3O. The van der Waals surface area contributed by atoms with Crippen molar-refractivity contribution in [3.8, 4) is 0 Å². The summed E-state index contributed by atoms with van der Waals surface area (Å²) in [5, 5.41) is 3.89. The van der Waals surface area contributed by atoms with Crippen molar-refractivity contribution < 1.29 is 4.79 Å². The fourth-order valence-electron chi connectivity index (χ4n) is 2.47. The molecule has 1 amide bonds. The summed E-state index contributed by atoms with van der Waals surface area (Å²) in [6.45, 7) is 1.64. The summed E-state index contributed by atoms with van der Waals surface area (Å²) in [7, 11) is 0. The van der Waals surface area contributed by atoms with Crippen LogP contribution in [0.5, 0.6) is 0 Å². The summed E-state index contributed by atoms with van der Waals surface area (Å²) >= 11 is 9.28. The molecule has 0 radical (unpaired) electrons. The third-order valence-corrected chi connectivity index (χ3v) is 4.40. The van der Waals surface area contributed by atoms with Crippen molar-refractivity contribution in [2.75, 3.05) is 18.4 Å². The van der Waals surface area contributed by atoms with Crippen LogP contribution in [0.1, 0.15) is 19.3 Å². The van der Waals surface area contributed by atoms with Crippen molar-refractivity contribution in [2.24, 2.45) is 5.92 Å². The van der Waals surface area contributed by atoms with E-state index in [0.29, 0.717) is 29.3 Å². The standard InChI is InChI=1S/C13H15BrClN3O/c14-11-4-9(15)6-17-13(11)16-5-8-3-12(19)18(7-8)10-1-2-10/h4,6,8,10H,1-3,5,7H2,(H,16,17)/t8-/m1/s1. The lowest BCUT2D eigenvalue weighted by molar-refractivity contribution is -0.128. The molecule has 4 nitrogen and oxygen atoms in total. The van der Waals surface area contributed by atoms with Gasteiger partial charge in [0.25, 0.3) is 0 Å². The quantitative estimate of drug-likeness (QED) is 0.913. The number of carbonyl (C=O) groups excluding carboxylic acids is 1. The Morgan fingerprint density at radius 2 is 2.32 bits per heavy atom. The highest BCUT2D eigenvalue weighted by Crippen LogP contribution is 2.33. The zero-order valence-electron chi connectivity index (χ0n) is 10.4. The minimum absolute atomic E-state index is 0.303. The molecule has 0 aromatic carbocycles. The van der Waals surface area contributed by atoms with Crippen LogP contribution in [0.25, 0.3) is 0 Å². The molecule has 0 bridgehead atoms. The molecule has 0 unspecified atom stereocenters. The Kier molecular flexibility index (Phi) is 3.67. The molecule has 3 rings (SSSR count). The lowest BCUT2D eigenvalue weighted by Gasteiger charge is -2.16. The fraction of sp³-hybridized carbons (Fsp3) is 0.538. The molecule has 2 fully saturated rings. The summed E-state index contributed by atoms with van der Waals surface area (Å²) in [6, 6.07) is 2.34. The van der Waals surface area contributed by atoms with E-state index in [4.69, 9.17) is 11.6 Å². The highest BCUT2D eigenvalue weighted by Gasteiger charge is 2.39. The molecule has 1 saturated carbocycles. The second-order valence-electron chi connectivity index (χ2n) is 5.21. The van der Waals surface area contributed by atoms with Crippen molar-refractivity contribution in [1.29, 1.82) is 0 Å². The van der Waals surface area contributed by atoms with Gasteiger partial charge in [-0.05, 0) is 34.8 Å². The zero-order chi connectivity index (χ0) is 13.4. The van der Waals surface area contributed by atoms with Crippen molar-refractivity contribution in [2.45, 2.75) is 25.3 Å². The van der Waals surface area contributed by atoms with Crippen LogP contribution in [0.4, 0.5) is 5.82 Å². The van der Waals surface area contributed by atoms with Gasteiger partial charge in [0, 0.05) is 37.7 Å². The van der Waals surface area contributed by atoms with E-state index in [0.717, 1.165) is 23.4 Å². The van der Waals surface area contributed by atoms with Gasteiger partial charge in [-0.2, -0.15) is 0 Å². The van der Waals surface area contributed by atoms with E-state index >= 15 is 0 Å². The summed E-state index contributed by atoms with van der Waals surface area (Å²) in [5.41, 5.74) is 0. The second-order valence-corrected chi connectivity index (χ2v) is 6.50. The van der Waals surface area contributed by atoms with Crippen LogP contribution in [0.2, 0.25) is 5.02 Å². The maximum Gasteiger partial charge on any atom is 0.223 e. The Bertz CT molecular complexity index is 507. The number of likely N-dealkylation sites (tertiary alicyclic amines) is 1. The van der Waals surface area contributed by atoms with Crippen molar-refractivity contribution in [3.63, 3.8) is 0 Å². The minimum Gasteiger partial charge on any atom is -0.369 e. The first kappa shape index (κ1) is 13.2. The SMILES string of the molecule is O=C1C[C@H](CNc2ncc(Cl)cc2Br)CN1C1CC1. The van der Waals surface area contributed by atoms with E-state index in [2.05, 4.69) is 26.2 Å². The van der Waals surface area contributed by atoms with Gasteiger partial charge < -0.3 is 10.2 Å². The molecule has 19 heavy (non-hydrogen) atoms. The first-order valence-electron chi connectivity index (χ1n) is 6.48. The number of nitrogens with zero attached hydrogens (tertiary/aromatic N) is 2. The molecular weight excluding hydrogens is 330 g/mol. The molecule has 1 aromatic heterocycles. The molecule has 2 aliphatic rings. The molecule has 0 spiro atoms. The highest BCUT2D eigenvalue weighted by molar-refractivity contribution is 9.10. The number of rotatable bonds is 4. The van der Waals surface area contributed by atoms with E-state index in [9.17, 15) is 4.79 Å². The monoisotopic (exact) mass is 343 g/mol. The van der Waals surface area contributed by atoms with Gasteiger partial charge in [-0.25, -0.2) is 4.98 Å². The van der Waals surface area contributed by atoms with E-state index in [1.165, 1.54) is 12.8 Å². The number of carbonyl (C=O) groups is 1. The third-order valence-electron chi connectivity index (χ3n) is 3.59. The zero-order valence-corrected chi connectivity index (χ0v) is 12.7. The average Bonchev–Trinajstić information content (AvgIpc) is 3.13. The van der Waals surface area contributed by atoms with Gasteiger partial charge in [0.05, 0.1) is 9.50 Å². The van der Waals surface area contributed by atoms with Gasteiger partial charge in [-0.3, -0.25) is 4.79 Å². The lowest BCUT2D eigenvalue weighted by atomic mass is 10.1. The van der Waals surface area contributed by atoms with E-state index in [1.54, 1.807) is 6.20 Å². The molecule has 1 N–H and O–H groups in total. The first-order valence-corrected chi connectivity index (χ1v) is 7.65. The van der Waals surface area contributed by atoms with Gasteiger partial charge in [-0.1, -0.05) is 11.6 Å². The Morgan fingerprint density at radius 3 is 3.00 bits per heavy atom. The number of hydrogen-bond donors (Lipinski definition) is 1. The van der Waals surface area contributed by atoms with Crippen LogP contribution in [0, 0.1) is 5.92 Å². The van der Waals surface area contributed by atoms with Crippen LogP contribution < -0.4 is 5.32 Å². The predicted molar refractivity (Wildman–Crippen MR) is 78.3 cm³/mol. The average molecular weight is 345 g/mol. The van der Waals surface area contributed by atoms with Crippen molar-refractivity contribution in [3.05, 3.63) is 21.8 Å². The van der Waals surface area contributed by atoms with Crippen molar-refractivity contribution >= 4 is 39.3 Å². The van der Waals surface area contributed by atoms with E-state index in [1.807, 2.05) is 11.0 Å². The molecule has 1 aromatic rings. The van der Waals surface area contributed by atoms with Crippen molar-refractivity contribution in [1.82, 2.24) is 9.88 Å². The molecule has 1 aliphatic heterocycles. The molecule has 1 atom stereocenters. The summed E-state index contributed by atoms with van der Waals surface area (Å²) < 4.78 is 0.850. The normalized spacial score (nSPS) is 22.9. The third kappa shape index (κ3) is 3.03. The summed E-state index contributed by atoms with van der Waals surface area (Å²) in [5.74, 6) is 1.46. The van der Waals surface area contributed by atoms with E-state index < -0.39 is 0 Å². The van der Waals surface area contributed by atoms with Crippen LogP contribution in [-0.2, 0) is 4.79 Å². The maximum absolute atomic E-state index is 11.8. The first-order chi connectivity index (χ1) is 9.13. The summed E-state index contributed by atoms with van der Waals surface area (Å²) in [6.07, 6.45) is 4.62. The van der Waals surface area contributed by atoms with Gasteiger partial charge >= 0.3 is 0 Å². The van der Waals surface area contributed by atoms with Gasteiger partial charge in [0.2, 0.25) is 5.91 Å². The van der Waals surface area contributed by atoms with Gasteiger partial charge in [-0.15, -0.1) is 0 Å². The number of nitrogens with one attached hydrogen (secondary N) is 1. The molecule has 1 aliphatic carbocycles. The second kappa shape index (κ2) is 5.29. The fourth-order valence-corrected chi connectivity index (χ4v) is 3.25. The number of aromatic nitrogens is 1. The topological polar surface area (TPSA) is 45.2 Å². The number of anilines is 1. The lowest BCUT2D eigenvalue weighted by Crippen LogP contribution is -2.28. The Morgan fingerprint density at radius 1 is 1.53 bits per heavy atom. The number of amides is 1. The summed E-state index contributed by atoms with van der Waals surface area (Å²) in [4.78, 5) is 18.1. The molecule has 6 heteroatoms. The highest BCUT2D eigenvalue weighted by atomic mass is 79.9. The van der Waals surface area contributed by atoms with Crippen LogP contribution in [-0.4, -0.2) is 34.9 Å². The van der Waals surface area contributed by atoms with Crippen LogP contribution in [0.3, 0.4) is 0 Å². The Labute approximate surface area is 125 Å². The number of pyridine rings is 1. The minimum atomic E-state index is 0.303. The van der Waals surface area contributed by atoms with Gasteiger partial charge in [0.1, 0.15) is 5.82 Å². The maximum atomic E-state index is 11.8. The van der Waals surface area contributed by atoms with Crippen LogP contribution in [0.15, 0.2) is 16.7 Å². The molecule has 2 heterocycles. The predicted octanol–water partition coefficient (Wildman–Crippen LogP) is 2.92. The van der Waals surface area contributed by atoms with Crippen LogP contribution >= 0.6 is 27.5 Å².